The minimum Gasteiger partial charge on any atom is -0.469 e. The number of hydrogen-bond acceptors (Lipinski definition) is 3. The van der Waals surface area contributed by atoms with Crippen LogP contribution >= 0.6 is 15.9 Å². The number of amides is 1. The number of methoxy groups -OCH3 is 1. The summed E-state index contributed by atoms with van der Waals surface area (Å²) in [6, 6.07) is 3.69. The van der Waals surface area contributed by atoms with Gasteiger partial charge in [0.2, 0.25) is 5.91 Å². The van der Waals surface area contributed by atoms with E-state index in [1.807, 2.05) is 12.1 Å². The van der Waals surface area contributed by atoms with Crippen LogP contribution in [0, 0.1) is 0 Å². The smallest absolute Gasteiger partial charge is 0.220 e. The summed E-state index contributed by atoms with van der Waals surface area (Å²) in [4.78, 5) is 11.6. The summed E-state index contributed by atoms with van der Waals surface area (Å²) in [7, 11) is 1.63. The Labute approximate surface area is 103 Å². The van der Waals surface area contributed by atoms with Crippen molar-refractivity contribution in [3.8, 4) is 0 Å². The van der Waals surface area contributed by atoms with Crippen LogP contribution in [0.2, 0.25) is 0 Å². The number of hydrogen-bond donors (Lipinski definition) is 1. The van der Waals surface area contributed by atoms with Gasteiger partial charge < -0.3 is 14.5 Å². The first-order valence-corrected chi connectivity index (χ1v) is 6.06. The molecule has 1 amide bonds. The van der Waals surface area contributed by atoms with E-state index in [0.717, 1.165) is 5.76 Å². The van der Waals surface area contributed by atoms with E-state index >= 15 is 0 Å². The molecule has 0 radical (unpaired) electrons. The molecule has 0 aromatic carbocycles. The first-order chi connectivity index (χ1) is 7.72. The van der Waals surface area contributed by atoms with Gasteiger partial charge in [-0.25, -0.2) is 0 Å². The minimum absolute atomic E-state index is 0.0250. The third kappa shape index (κ3) is 5.32. The molecule has 0 saturated carbocycles. The Bertz CT molecular complexity index is 300. The lowest BCUT2D eigenvalue weighted by Crippen LogP contribution is -2.31. The van der Waals surface area contributed by atoms with Crippen LogP contribution < -0.4 is 5.32 Å². The number of nitrogens with one attached hydrogen (secondary N) is 1. The molecule has 0 fully saturated rings. The third-order valence-corrected chi connectivity index (χ3v) is 2.63. The van der Waals surface area contributed by atoms with E-state index < -0.39 is 0 Å². The Morgan fingerprint density at radius 2 is 2.50 bits per heavy atom. The van der Waals surface area contributed by atoms with E-state index in [1.165, 1.54) is 0 Å². The van der Waals surface area contributed by atoms with E-state index in [1.54, 1.807) is 13.4 Å². The number of halogens is 1. The molecule has 5 heteroatoms. The maximum Gasteiger partial charge on any atom is 0.220 e. The van der Waals surface area contributed by atoms with Crippen molar-refractivity contribution in [3.63, 3.8) is 0 Å². The fraction of sp³-hybridized carbons (Fsp3) is 0.545. The Balaban J connectivity index is 2.11. The lowest BCUT2D eigenvalue weighted by molar-refractivity contribution is -0.121. The molecule has 0 bridgehead atoms. The first kappa shape index (κ1) is 13.3. The summed E-state index contributed by atoms with van der Waals surface area (Å²) in [6.45, 7) is 1.16. The molecular formula is C11H16BrNO3. The number of ether oxygens (including phenoxy) is 1. The van der Waals surface area contributed by atoms with Crippen LogP contribution in [0.25, 0.3) is 0 Å². The molecular weight excluding hydrogens is 274 g/mol. The van der Waals surface area contributed by atoms with Crippen LogP contribution in [-0.2, 0) is 16.0 Å². The van der Waals surface area contributed by atoms with Crippen molar-refractivity contribution in [2.75, 3.05) is 20.3 Å². The maximum absolute atomic E-state index is 11.4. The third-order valence-electron chi connectivity index (χ3n) is 2.05. The number of carbonyl (C=O) groups is 1. The topological polar surface area (TPSA) is 51.5 Å². The van der Waals surface area contributed by atoms with Gasteiger partial charge in [-0.2, -0.15) is 0 Å². The number of carbonyl (C=O) groups excluding carboxylic acids is 1. The van der Waals surface area contributed by atoms with E-state index in [4.69, 9.17) is 9.15 Å². The van der Waals surface area contributed by atoms with Crippen molar-refractivity contribution in [1.82, 2.24) is 5.32 Å². The lowest BCUT2D eigenvalue weighted by atomic mass is 10.2. The minimum atomic E-state index is 0.0250. The molecule has 1 aromatic rings. The second-order valence-electron chi connectivity index (χ2n) is 3.44. The molecule has 0 aliphatic rings. The highest BCUT2D eigenvalue weighted by Gasteiger charge is 2.07. The summed E-state index contributed by atoms with van der Waals surface area (Å²) in [5.74, 6) is 0.861. The monoisotopic (exact) mass is 289 g/mol. The largest absolute Gasteiger partial charge is 0.469 e. The van der Waals surface area contributed by atoms with Crippen molar-refractivity contribution in [2.45, 2.75) is 17.7 Å². The number of rotatable bonds is 7. The molecule has 0 spiro atoms. The van der Waals surface area contributed by atoms with Crippen LogP contribution in [0.5, 0.6) is 0 Å². The van der Waals surface area contributed by atoms with E-state index in [9.17, 15) is 4.79 Å². The van der Waals surface area contributed by atoms with E-state index in [2.05, 4.69) is 21.2 Å². The molecule has 1 unspecified atom stereocenters. The van der Waals surface area contributed by atoms with Gasteiger partial charge >= 0.3 is 0 Å². The van der Waals surface area contributed by atoms with Gasteiger partial charge in [0.05, 0.1) is 17.7 Å². The first-order valence-electron chi connectivity index (χ1n) is 5.14. The zero-order valence-corrected chi connectivity index (χ0v) is 10.8. The molecule has 1 rings (SSSR count). The molecule has 4 nitrogen and oxygen atoms in total. The Morgan fingerprint density at radius 3 is 3.12 bits per heavy atom. The van der Waals surface area contributed by atoms with Gasteiger partial charge in [0.1, 0.15) is 5.76 Å². The van der Waals surface area contributed by atoms with Gasteiger partial charge in [-0.05, 0) is 12.1 Å². The second-order valence-corrected chi connectivity index (χ2v) is 4.73. The Kier molecular flexibility index (Phi) is 6.18. The second kappa shape index (κ2) is 7.46. The fourth-order valence-corrected chi connectivity index (χ4v) is 1.67. The SMILES string of the molecule is COCC(Br)CNC(=O)CCc1ccco1. The number of furan rings is 1. The molecule has 0 aliphatic carbocycles. The standard InChI is InChI=1S/C11H16BrNO3/c1-15-8-9(12)7-13-11(14)5-4-10-3-2-6-16-10/h2-3,6,9H,4-5,7-8H2,1H3,(H,13,14). The van der Waals surface area contributed by atoms with Gasteiger partial charge in [-0.1, -0.05) is 15.9 Å². The normalized spacial score (nSPS) is 12.4. The molecule has 16 heavy (non-hydrogen) atoms. The van der Waals surface area contributed by atoms with Crippen LogP contribution in [0.1, 0.15) is 12.2 Å². The quantitative estimate of drug-likeness (QED) is 0.778. The lowest BCUT2D eigenvalue weighted by Gasteiger charge is -2.09. The molecule has 0 saturated heterocycles. The summed E-state index contributed by atoms with van der Waals surface area (Å²) in [6.07, 6.45) is 2.69. The van der Waals surface area contributed by atoms with Gasteiger partial charge in [-0.15, -0.1) is 0 Å². The summed E-state index contributed by atoms with van der Waals surface area (Å²) >= 11 is 3.40. The molecule has 1 N–H and O–H groups in total. The van der Waals surface area contributed by atoms with Crippen molar-refractivity contribution in [3.05, 3.63) is 24.2 Å². The highest BCUT2D eigenvalue weighted by molar-refractivity contribution is 9.09. The Morgan fingerprint density at radius 1 is 1.69 bits per heavy atom. The summed E-state index contributed by atoms with van der Waals surface area (Å²) in [5.41, 5.74) is 0. The van der Waals surface area contributed by atoms with Crippen molar-refractivity contribution in [2.24, 2.45) is 0 Å². The van der Waals surface area contributed by atoms with Crippen LogP contribution in [-0.4, -0.2) is 31.0 Å². The molecule has 1 aromatic heterocycles. The summed E-state index contributed by atoms with van der Waals surface area (Å²) in [5, 5.41) is 2.82. The predicted octanol–water partition coefficient (Wildman–Crippen LogP) is 1.74. The molecule has 90 valence electrons. The van der Waals surface area contributed by atoms with Crippen molar-refractivity contribution in [1.29, 1.82) is 0 Å². The van der Waals surface area contributed by atoms with Crippen molar-refractivity contribution < 1.29 is 13.9 Å². The fourth-order valence-electron chi connectivity index (χ4n) is 1.24. The average Bonchev–Trinajstić information content (AvgIpc) is 2.77. The van der Waals surface area contributed by atoms with Gasteiger partial charge in [0.15, 0.2) is 0 Å². The van der Waals surface area contributed by atoms with Gasteiger partial charge in [0, 0.05) is 26.5 Å². The maximum atomic E-state index is 11.4. The zero-order valence-electron chi connectivity index (χ0n) is 9.24. The molecule has 1 atom stereocenters. The predicted molar refractivity (Wildman–Crippen MR) is 64.6 cm³/mol. The molecule has 0 aliphatic heterocycles. The molecule has 1 heterocycles. The number of aryl methyl sites for hydroxylation is 1. The van der Waals surface area contributed by atoms with E-state index in [0.29, 0.717) is 26.0 Å². The van der Waals surface area contributed by atoms with Crippen LogP contribution in [0.15, 0.2) is 22.8 Å². The summed E-state index contributed by atoms with van der Waals surface area (Å²) < 4.78 is 10.1. The van der Waals surface area contributed by atoms with Crippen LogP contribution in [0.4, 0.5) is 0 Å². The average molecular weight is 290 g/mol. The van der Waals surface area contributed by atoms with Gasteiger partial charge in [0.25, 0.3) is 0 Å². The number of alkyl halides is 1. The van der Waals surface area contributed by atoms with Gasteiger partial charge in [-0.3, -0.25) is 4.79 Å². The zero-order chi connectivity index (χ0) is 11.8. The Hall–Kier alpha value is -0.810. The van der Waals surface area contributed by atoms with Crippen LogP contribution in [0.3, 0.4) is 0 Å². The van der Waals surface area contributed by atoms with Crippen molar-refractivity contribution >= 4 is 21.8 Å². The highest BCUT2D eigenvalue weighted by Crippen LogP contribution is 2.03. The highest BCUT2D eigenvalue weighted by atomic mass is 79.9. The van der Waals surface area contributed by atoms with E-state index in [-0.39, 0.29) is 10.7 Å².